The highest BCUT2D eigenvalue weighted by molar-refractivity contribution is 5.67. The normalized spacial score (nSPS) is 18.4. The molecule has 1 amide bonds. The number of ether oxygens (including phenoxy) is 1. The van der Waals surface area contributed by atoms with Gasteiger partial charge in [0.15, 0.2) is 0 Å². The molecule has 4 nitrogen and oxygen atoms in total. The summed E-state index contributed by atoms with van der Waals surface area (Å²) in [6.45, 7) is 3.97. The van der Waals surface area contributed by atoms with Crippen LogP contribution >= 0.6 is 0 Å². The van der Waals surface area contributed by atoms with Crippen molar-refractivity contribution in [3.8, 4) is 0 Å². The molecule has 0 aromatic heterocycles. The monoisotopic (exact) mass is 320 g/mol. The van der Waals surface area contributed by atoms with E-state index in [1.54, 1.807) is 20.8 Å². The minimum Gasteiger partial charge on any atom is -0.444 e. The number of carbonyl (C=O) groups excluding carboxylic acids is 1. The largest absolute Gasteiger partial charge is 0.444 e. The molecule has 0 spiro atoms. The molecule has 1 saturated carbocycles. The number of hydrogen-bond donors (Lipinski definition) is 2. The van der Waals surface area contributed by atoms with Crippen molar-refractivity contribution in [2.75, 3.05) is 13.1 Å². The van der Waals surface area contributed by atoms with Crippen molar-refractivity contribution in [2.24, 2.45) is 0 Å². The first kappa shape index (κ1) is 19.1. The Hall–Kier alpha value is -0.910. The minimum absolute atomic E-state index is 0.160. The van der Waals surface area contributed by atoms with E-state index in [-0.39, 0.29) is 6.04 Å². The summed E-state index contributed by atoms with van der Waals surface area (Å²) in [5.41, 5.74) is -0.684. The predicted octanol–water partition coefficient (Wildman–Crippen LogP) is 3.85. The molecule has 1 aliphatic carbocycles. The molecule has 6 heteroatoms. The Balaban J connectivity index is 2.28. The van der Waals surface area contributed by atoms with Gasteiger partial charge in [0.1, 0.15) is 5.60 Å². The van der Waals surface area contributed by atoms with Gasteiger partial charge in [0, 0.05) is 6.04 Å². The minimum atomic E-state index is -2.97. The SMILES string of the molecule is CC(C)(C)OC(=O)NCC(F)(F)CNC1CCCCCCC1. The first-order valence-electron chi connectivity index (χ1n) is 8.26. The van der Waals surface area contributed by atoms with Crippen molar-refractivity contribution in [1.82, 2.24) is 10.6 Å². The Labute approximate surface area is 132 Å². The van der Waals surface area contributed by atoms with Crippen LogP contribution in [0.2, 0.25) is 0 Å². The Kier molecular flexibility index (Phi) is 7.53. The molecule has 0 aromatic rings. The van der Waals surface area contributed by atoms with Crippen molar-refractivity contribution >= 4 is 6.09 Å². The Bertz CT molecular complexity index is 336. The molecular formula is C16H30F2N2O2. The summed E-state index contributed by atoms with van der Waals surface area (Å²) in [6.07, 6.45) is 6.93. The van der Waals surface area contributed by atoms with E-state index in [1.807, 2.05) is 0 Å². The first-order chi connectivity index (χ1) is 10.2. The van der Waals surface area contributed by atoms with Crippen molar-refractivity contribution in [3.63, 3.8) is 0 Å². The summed E-state index contributed by atoms with van der Waals surface area (Å²) in [4.78, 5) is 11.4. The zero-order valence-corrected chi connectivity index (χ0v) is 14.0. The molecule has 0 aromatic carbocycles. The van der Waals surface area contributed by atoms with Gasteiger partial charge in [-0.3, -0.25) is 0 Å². The second-order valence-corrected chi connectivity index (χ2v) is 7.13. The van der Waals surface area contributed by atoms with Crippen LogP contribution in [0, 0.1) is 0 Å². The number of alkyl halides is 2. The van der Waals surface area contributed by atoms with Gasteiger partial charge in [0.05, 0.1) is 13.1 Å². The Morgan fingerprint density at radius 3 is 2.14 bits per heavy atom. The smallest absolute Gasteiger partial charge is 0.407 e. The Morgan fingerprint density at radius 1 is 1.05 bits per heavy atom. The number of alkyl carbamates (subject to hydrolysis) is 1. The molecule has 0 aliphatic heterocycles. The molecule has 1 fully saturated rings. The van der Waals surface area contributed by atoms with Gasteiger partial charge in [0.25, 0.3) is 5.92 Å². The maximum absolute atomic E-state index is 13.8. The molecule has 0 heterocycles. The lowest BCUT2D eigenvalue weighted by atomic mass is 9.96. The van der Waals surface area contributed by atoms with Crippen LogP contribution in [-0.2, 0) is 4.74 Å². The average Bonchev–Trinajstić information content (AvgIpc) is 2.33. The van der Waals surface area contributed by atoms with E-state index in [0.29, 0.717) is 0 Å². The number of amides is 1. The van der Waals surface area contributed by atoms with Gasteiger partial charge in [-0.1, -0.05) is 32.1 Å². The van der Waals surface area contributed by atoms with Crippen molar-refractivity contribution < 1.29 is 18.3 Å². The van der Waals surface area contributed by atoms with E-state index in [1.165, 1.54) is 19.3 Å². The zero-order chi connectivity index (χ0) is 16.6. The number of rotatable bonds is 5. The summed E-state index contributed by atoms with van der Waals surface area (Å²) in [5.74, 6) is -2.97. The van der Waals surface area contributed by atoms with E-state index in [4.69, 9.17) is 4.74 Å². The van der Waals surface area contributed by atoms with Crippen LogP contribution in [-0.4, -0.2) is 36.7 Å². The van der Waals surface area contributed by atoms with E-state index in [0.717, 1.165) is 25.7 Å². The highest BCUT2D eigenvalue weighted by Crippen LogP contribution is 2.18. The number of halogens is 2. The van der Waals surface area contributed by atoms with Gasteiger partial charge in [-0.15, -0.1) is 0 Å². The van der Waals surface area contributed by atoms with Gasteiger partial charge in [-0.2, -0.15) is 0 Å². The van der Waals surface area contributed by atoms with Crippen LogP contribution in [0.4, 0.5) is 13.6 Å². The van der Waals surface area contributed by atoms with Crippen LogP contribution in [0.5, 0.6) is 0 Å². The van der Waals surface area contributed by atoms with Gasteiger partial charge in [0.2, 0.25) is 0 Å². The van der Waals surface area contributed by atoms with E-state index < -0.39 is 30.7 Å². The first-order valence-corrected chi connectivity index (χ1v) is 8.26. The fraction of sp³-hybridized carbons (Fsp3) is 0.938. The maximum Gasteiger partial charge on any atom is 0.407 e. The molecule has 0 radical (unpaired) electrons. The van der Waals surface area contributed by atoms with Gasteiger partial charge < -0.3 is 15.4 Å². The third kappa shape index (κ3) is 9.18. The quantitative estimate of drug-likeness (QED) is 0.809. The number of nitrogens with one attached hydrogen (secondary N) is 2. The third-order valence-corrected chi connectivity index (χ3v) is 3.64. The molecule has 1 aliphatic rings. The fourth-order valence-corrected chi connectivity index (χ4v) is 2.53. The zero-order valence-electron chi connectivity index (χ0n) is 14.0. The van der Waals surface area contributed by atoms with Crippen molar-refractivity contribution in [1.29, 1.82) is 0 Å². The average molecular weight is 320 g/mol. The van der Waals surface area contributed by atoms with Gasteiger partial charge in [-0.25, -0.2) is 13.6 Å². The molecule has 0 atom stereocenters. The van der Waals surface area contributed by atoms with Crippen LogP contribution in [0.3, 0.4) is 0 Å². The van der Waals surface area contributed by atoms with Crippen LogP contribution < -0.4 is 10.6 Å². The topological polar surface area (TPSA) is 50.4 Å². The van der Waals surface area contributed by atoms with Crippen molar-refractivity contribution in [3.05, 3.63) is 0 Å². The van der Waals surface area contributed by atoms with E-state index in [9.17, 15) is 13.6 Å². The summed E-state index contributed by atoms with van der Waals surface area (Å²) in [7, 11) is 0. The third-order valence-electron chi connectivity index (χ3n) is 3.64. The lowest BCUT2D eigenvalue weighted by molar-refractivity contribution is -0.00613. The summed E-state index contributed by atoms with van der Waals surface area (Å²) in [5, 5.41) is 5.10. The standard InChI is InChI=1S/C16H30F2N2O2/c1-15(2,3)22-14(21)20-12-16(17,18)11-19-13-9-7-5-4-6-8-10-13/h13,19H,4-12H2,1-3H3,(H,20,21). The lowest BCUT2D eigenvalue weighted by Gasteiger charge is -2.25. The van der Waals surface area contributed by atoms with Crippen molar-refractivity contribution in [2.45, 2.75) is 83.3 Å². The number of hydrogen-bond acceptors (Lipinski definition) is 3. The molecule has 2 N–H and O–H groups in total. The maximum atomic E-state index is 13.8. The van der Waals surface area contributed by atoms with Crippen LogP contribution in [0.1, 0.15) is 65.7 Å². The summed E-state index contributed by atoms with van der Waals surface area (Å²) < 4.78 is 32.6. The van der Waals surface area contributed by atoms with Gasteiger partial charge in [-0.05, 0) is 33.6 Å². The summed E-state index contributed by atoms with van der Waals surface area (Å²) in [6, 6.07) is 0.160. The molecule has 22 heavy (non-hydrogen) atoms. The second kappa shape index (κ2) is 8.65. The lowest BCUT2D eigenvalue weighted by Crippen LogP contribution is -2.47. The predicted molar refractivity (Wildman–Crippen MR) is 83.3 cm³/mol. The fourth-order valence-electron chi connectivity index (χ4n) is 2.53. The molecule has 130 valence electrons. The van der Waals surface area contributed by atoms with E-state index in [2.05, 4.69) is 10.6 Å². The van der Waals surface area contributed by atoms with Gasteiger partial charge >= 0.3 is 6.09 Å². The second-order valence-electron chi connectivity index (χ2n) is 7.13. The highest BCUT2D eigenvalue weighted by Gasteiger charge is 2.31. The molecule has 0 saturated heterocycles. The molecule has 1 rings (SSSR count). The molecule has 0 unspecified atom stereocenters. The summed E-state index contributed by atoms with van der Waals surface area (Å²) >= 11 is 0. The molecular weight excluding hydrogens is 290 g/mol. The molecule has 0 bridgehead atoms. The number of carbonyl (C=O) groups is 1. The Morgan fingerprint density at radius 2 is 1.59 bits per heavy atom. The van der Waals surface area contributed by atoms with E-state index >= 15 is 0 Å². The van der Waals surface area contributed by atoms with Crippen LogP contribution in [0.15, 0.2) is 0 Å². The van der Waals surface area contributed by atoms with Crippen LogP contribution in [0.25, 0.3) is 0 Å². The highest BCUT2D eigenvalue weighted by atomic mass is 19.3.